The van der Waals surface area contributed by atoms with Crippen LogP contribution in [0.1, 0.15) is 26.2 Å². The van der Waals surface area contributed by atoms with Gasteiger partial charge in [0.1, 0.15) is 0 Å². The van der Waals surface area contributed by atoms with Crippen molar-refractivity contribution in [3.8, 4) is 0 Å². The Morgan fingerprint density at radius 1 is 1.50 bits per heavy atom. The Balaban J connectivity index is 2.10. The minimum Gasteiger partial charge on any atom is -0.393 e. The van der Waals surface area contributed by atoms with Crippen LogP contribution in [0, 0.1) is 5.92 Å². The summed E-state index contributed by atoms with van der Waals surface area (Å²) in [6, 6.07) is 0.427. The van der Waals surface area contributed by atoms with Gasteiger partial charge < -0.3 is 10.0 Å². The van der Waals surface area contributed by atoms with Gasteiger partial charge in [-0.05, 0) is 19.3 Å². The maximum Gasteiger partial charge on any atom is 0.219 e. The molecule has 1 aliphatic heterocycles. The number of aliphatic hydroxyl groups is 1. The summed E-state index contributed by atoms with van der Waals surface area (Å²) in [5, 5.41) is 9.56. The van der Waals surface area contributed by atoms with Gasteiger partial charge in [-0.1, -0.05) is 0 Å². The predicted octanol–water partition coefficient (Wildman–Crippen LogP) is 0.378. The fourth-order valence-electron chi connectivity index (χ4n) is 2.49. The second-order valence-electron chi connectivity index (χ2n) is 3.97. The number of nitrogens with zero attached hydrogens (tertiary/aromatic N) is 1. The molecule has 1 aliphatic carbocycles. The Morgan fingerprint density at radius 2 is 2.25 bits per heavy atom. The lowest BCUT2D eigenvalue weighted by Crippen LogP contribution is -2.33. The molecule has 2 aliphatic rings. The Labute approximate surface area is 72.4 Å². The van der Waals surface area contributed by atoms with Gasteiger partial charge in [0, 0.05) is 25.4 Å². The third kappa shape index (κ3) is 1.12. The molecule has 1 saturated heterocycles. The van der Waals surface area contributed by atoms with Gasteiger partial charge in [0.05, 0.1) is 6.10 Å². The zero-order chi connectivity index (χ0) is 8.72. The standard InChI is InChI=1S/C9H15NO2/c1-6(11)10-5-7-4-8(10)2-3-9(7)12/h7-9,12H,2-5H2,1H3/t7-,8-,9-/m1/s1. The van der Waals surface area contributed by atoms with E-state index in [9.17, 15) is 9.90 Å². The topological polar surface area (TPSA) is 40.5 Å². The maximum atomic E-state index is 11.1. The maximum absolute atomic E-state index is 11.1. The fraction of sp³-hybridized carbons (Fsp3) is 0.889. The van der Waals surface area contributed by atoms with E-state index in [1.165, 1.54) is 0 Å². The smallest absolute Gasteiger partial charge is 0.219 e. The van der Waals surface area contributed by atoms with Gasteiger partial charge in [-0.25, -0.2) is 0 Å². The quantitative estimate of drug-likeness (QED) is 0.569. The normalized spacial score (nSPS) is 40.2. The van der Waals surface area contributed by atoms with Crippen LogP contribution in [0.3, 0.4) is 0 Å². The highest BCUT2D eigenvalue weighted by atomic mass is 16.3. The first-order valence-corrected chi connectivity index (χ1v) is 4.63. The lowest BCUT2D eigenvalue weighted by Gasteiger charge is -2.24. The predicted molar refractivity (Wildman–Crippen MR) is 44.5 cm³/mol. The van der Waals surface area contributed by atoms with Crippen molar-refractivity contribution in [1.82, 2.24) is 4.90 Å². The van der Waals surface area contributed by atoms with Crippen LogP contribution in [0.4, 0.5) is 0 Å². The molecule has 1 N–H and O–H groups in total. The van der Waals surface area contributed by atoms with Crippen LogP contribution in [-0.2, 0) is 4.79 Å². The van der Waals surface area contributed by atoms with Crippen molar-refractivity contribution in [2.75, 3.05) is 6.54 Å². The summed E-state index contributed by atoms with van der Waals surface area (Å²) in [7, 11) is 0. The molecule has 68 valence electrons. The molecule has 0 spiro atoms. The number of aliphatic hydroxyl groups excluding tert-OH is 1. The number of hydrogen-bond donors (Lipinski definition) is 1. The molecule has 0 aromatic heterocycles. The summed E-state index contributed by atoms with van der Waals surface area (Å²) in [6.45, 7) is 2.40. The van der Waals surface area contributed by atoms with Crippen molar-refractivity contribution >= 4 is 5.91 Å². The van der Waals surface area contributed by atoms with Crippen molar-refractivity contribution in [3.05, 3.63) is 0 Å². The zero-order valence-corrected chi connectivity index (χ0v) is 7.36. The van der Waals surface area contributed by atoms with Crippen LogP contribution < -0.4 is 0 Å². The van der Waals surface area contributed by atoms with E-state index >= 15 is 0 Å². The second-order valence-corrected chi connectivity index (χ2v) is 3.97. The van der Waals surface area contributed by atoms with Crippen LogP contribution in [0.5, 0.6) is 0 Å². The SMILES string of the molecule is CC(=O)N1C[C@H]2C[C@H]1CC[C@H]2O. The van der Waals surface area contributed by atoms with Crippen LogP contribution in [0.2, 0.25) is 0 Å². The first kappa shape index (κ1) is 8.05. The molecular formula is C9H15NO2. The molecule has 3 atom stereocenters. The van der Waals surface area contributed by atoms with Crippen LogP contribution in [-0.4, -0.2) is 34.6 Å². The van der Waals surface area contributed by atoms with Crippen molar-refractivity contribution in [1.29, 1.82) is 0 Å². The molecule has 1 heterocycles. The Kier molecular flexibility index (Phi) is 1.83. The largest absolute Gasteiger partial charge is 0.393 e. The highest BCUT2D eigenvalue weighted by molar-refractivity contribution is 5.74. The van der Waals surface area contributed by atoms with E-state index in [2.05, 4.69) is 0 Å². The van der Waals surface area contributed by atoms with Gasteiger partial charge in [-0.3, -0.25) is 4.79 Å². The number of amides is 1. The number of rotatable bonds is 0. The summed E-state index contributed by atoms with van der Waals surface area (Å²) in [5.41, 5.74) is 0. The van der Waals surface area contributed by atoms with Crippen molar-refractivity contribution < 1.29 is 9.90 Å². The summed E-state index contributed by atoms with van der Waals surface area (Å²) in [4.78, 5) is 13.1. The fourth-order valence-corrected chi connectivity index (χ4v) is 2.49. The van der Waals surface area contributed by atoms with Gasteiger partial charge in [0.25, 0.3) is 0 Å². The first-order chi connectivity index (χ1) is 5.68. The van der Waals surface area contributed by atoms with Gasteiger partial charge in [0.15, 0.2) is 0 Å². The van der Waals surface area contributed by atoms with E-state index in [-0.39, 0.29) is 12.0 Å². The average Bonchev–Trinajstić information content (AvgIpc) is 2.37. The molecule has 0 radical (unpaired) electrons. The zero-order valence-electron chi connectivity index (χ0n) is 7.36. The average molecular weight is 169 g/mol. The highest BCUT2D eigenvalue weighted by Gasteiger charge is 2.40. The highest BCUT2D eigenvalue weighted by Crippen LogP contribution is 2.35. The van der Waals surface area contributed by atoms with Gasteiger partial charge in [-0.15, -0.1) is 0 Å². The monoisotopic (exact) mass is 169 g/mol. The molecule has 2 fully saturated rings. The summed E-state index contributed by atoms with van der Waals surface area (Å²) < 4.78 is 0. The second kappa shape index (κ2) is 2.73. The number of carbonyl (C=O) groups excluding carboxylic acids is 1. The molecule has 0 aromatic rings. The van der Waals surface area contributed by atoms with E-state index in [1.807, 2.05) is 4.90 Å². The Morgan fingerprint density at radius 3 is 2.83 bits per heavy atom. The van der Waals surface area contributed by atoms with E-state index in [0.717, 1.165) is 25.8 Å². The molecule has 2 bridgehead atoms. The first-order valence-electron chi connectivity index (χ1n) is 4.63. The number of hydrogen-bond acceptors (Lipinski definition) is 2. The number of carbonyl (C=O) groups is 1. The molecule has 2 rings (SSSR count). The lowest BCUT2D eigenvalue weighted by atomic mass is 9.88. The number of fused-ring (bicyclic) bond motifs is 2. The van der Waals surface area contributed by atoms with Crippen LogP contribution in [0.25, 0.3) is 0 Å². The van der Waals surface area contributed by atoms with Crippen molar-refractivity contribution in [2.24, 2.45) is 5.92 Å². The minimum atomic E-state index is -0.161. The summed E-state index contributed by atoms with van der Waals surface area (Å²) >= 11 is 0. The summed E-state index contributed by atoms with van der Waals surface area (Å²) in [5.74, 6) is 0.518. The third-order valence-corrected chi connectivity index (χ3v) is 3.19. The number of likely N-dealkylation sites (tertiary alicyclic amines) is 1. The molecule has 1 amide bonds. The van der Waals surface area contributed by atoms with E-state index in [1.54, 1.807) is 6.92 Å². The lowest BCUT2D eigenvalue weighted by molar-refractivity contribution is -0.129. The third-order valence-electron chi connectivity index (χ3n) is 3.19. The molecule has 3 nitrogen and oxygen atoms in total. The van der Waals surface area contributed by atoms with Crippen molar-refractivity contribution in [2.45, 2.75) is 38.3 Å². The molecule has 12 heavy (non-hydrogen) atoms. The molecule has 0 unspecified atom stereocenters. The molecule has 1 saturated carbocycles. The molecular weight excluding hydrogens is 154 g/mol. The Bertz CT molecular complexity index is 205. The van der Waals surface area contributed by atoms with E-state index < -0.39 is 0 Å². The van der Waals surface area contributed by atoms with E-state index in [0.29, 0.717) is 12.0 Å². The summed E-state index contributed by atoms with van der Waals surface area (Å²) in [6.07, 6.45) is 2.71. The minimum absolute atomic E-state index is 0.161. The van der Waals surface area contributed by atoms with Gasteiger partial charge >= 0.3 is 0 Å². The van der Waals surface area contributed by atoms with Gasteiger partial charge in [-0.2, -0.15) is 0 Å². The molecule has 3 heteroatoms. The Hall–Kier alpha value is -0.570. The van der Waals surface area contributed by atoms with Crippen molar-refractivity contribution in [3.63, 3.8) is 0 Å². The van der Waals surface area contributed by atoms with Crippen LogP contribution >= 0.6 is 0 Å². The van der Waals surface area contributed by atoms with E-state index in [4.69, 9.17) is 0 Å². The van der Waals surface area contributed by atoms with Gasteiger partial charge in [0.2, 0.25) is 5.91 Å². The molecule has 0 aromatic carbocycles. The van der Waals surface area contributed by atoms with Crippen LogP contribution in [0.15, 0.2) is 0 Å².